The average Bonchev–Trinajstić information content (AvgIpc) is 2.22. The Morgan fingerprint density at radius 3 is 2.73 bits per heavy atom. The molecule has 15 heavy (non-hydrogen) atoms. The Morgan fingerprint density at radius 2 is 2.20 bits per heavy atom. The topological polar surface area (TPSA) is 29.5 Å². The molecule has 0 aromatic heterocycles. The molecule has 1 aromatic rings. The number of alkyl halides is 1. The zero-order valence-corrected chi connectivity index (χ0v) is 9.35. The van der Waals surface area contributed by atoms with E-state index in [1.807, 2.05) is 6.92 Å². The minimum absolute atomic E-state index is 0.0503. The van der Waals surface area contributed by atoms with Gasteiger partial charge in [0.15, 0.2) is 0 Å². The second kappa shape index (κ2) is 5.93. The molecule has 0 aliphatic heterocycles. The molecule has 0 atom stereocenters. The number of benzene rings is 1. The molecular weight excluding hydrogens is 219 g/mol. The molecule has 0 spiro atoms. The molecule has 0 amide bonds. The van der Waals surface area contributed by atoms with Crippen molar-refractivity contribution in [1.82, 2.24) is 0 Å². The van der Waals surface area contributed by atoms with Crippen molar-refractivity contribution in [3.63, 3.8) is 0 Å². The Kier molecular flexibility index (Phi) is 4.85. The summed E-state index contributed by atoms with van der Waals surface area (Å²) in [5.41, 5.74) is 1.60. The van der Waals surface area contributed by atoms with E-state index in [1.165, 1.54) is 0 Å². The molecule has 0 saturated carbocycles. The first-order valence-corrected chi connectivity index (χ1v) is 5.15. The highest BCUT2D eigenvalue weighted by atomic mass is 35.5. The van der Waals surface area contributed by atoms with E-state index in [0.29, 0.717) is 23.8 Å². The van der Waals surface area contributed by atoms with Crippen molar-refractivity contribution in [2.75, 3.05) is 13.3 Å². The van der Waals surface area contributed by atoms with Gasteiger partial charge in [0.2, 0.25) is 0 Å². The molecule has 0 fully saturated rings. The normalized spacial score (nSPS) is 10.4. The third-order valence-electron chi connectivity index (χ3n) is 2.00. The van der Waals surface area contributed by atoms with E-state index < -0.39 is 6.67 Å². The van der Waals surface area contributed by atoms with Gasteiger partial charge < -0.3 is 9.84 Å². The maximum Gasteiger partial charge on any atom is 0.140 e. The molecule has 0 unspecified atom stereocenters. The second-order valence-electron chi connectivity index (χ2n) is 3.27. The monoisotopic (exact) mass is 232 g/mol. The first-order valence-electron chi connectivity index (χ1n) is 4.77. The minimum atomic E-state index is -0.397. The summed E-state index contributed by atoms with van der Waals surface area (Å²) in [6.07, 6.45) is 0.359. The van der Waals surface area contributed by atoms with Crippen molar-refractivity contribution in [3.8, 4) is 5.75 Å². The van der Waals surface area contributed by atoms with Crippen LogP contribution >= 0.6 is 11.6 Å². The van der Waals surface area contributed by atoms with Gasteiger partial charge in [-0.05, 0) is 30.2 Å². The fraction of sp³-hybridized carbons (Fsp3) is 0.455. The predicted octanol–water partition coefficient (Wildman–Crippen LogP) is 2.88. The fourth-order valence-electron chi connectivity index (χ4n) is 1.30. The third kappa shape index (κ3) is 3.36. The molecule has 1 rings (SSSR count). The SMILES string of the molecule is Cc1cc(CO)cc(Cl)c1OCCCF. The van der Waals surface area contributed by atoms with Crippen LogP contribution in [0.1, 0.15) is 17.5 Å². The summed E-state index contributed by atoms with van der Waals surface area (Å²) in [5.74, 6) is 0.572. The van der Waals surface area contributed by atoms with Crippen LogP contribution in [0.4, 0.5) is 4.39 Å². The summed E-state index contributed by atoms with van der Waals surface area (Å²) in [7, 11) is 0. The van der Waals surface area contributed by atoms with Crippen LogP contribution in [0, 0.1) is 6.92 Å². The molecule has 0 saturated heterocycles. The standard InChI is InChI=1S/C11H14ClFO2/c1-8-5-9(7-14)6-10(12)11(8)15-4-2-3-13/h5-6,14H,2-4,7H2,1H3. The van der Waals surface area contributed by atoms with Crippen molar-refractivity contribution in [1.29, 1.82) is 0 Å². The number of aliphatic hydroxyl groups is 1. The van der Waals surface area contributed by atoms with Crippen LogP contribution < -0.4 is 4.74 Å². The average molecular weight is 233 g/mol. The van der Waals surface area contributed by atoms with Crippen LogP contribution in [0.3, 0.4) is 0 Å². The first-order chi connectivity index (χ1) is 7.19. The smallest absolute Gasteiger partial charge is 0.140 e. The highest BCUT2D eigenvalue weighted by molar-refractivity contribution is 6.32. The predicted molar refractivity (Wildman–Crippen MR) is 58.2 cm³/mol. The molecule has 0 heterocycles. The minimum Gasteiger partial charge on any atom is -0.492 e. The molecule has 0 aliphatic rings. The van der Waals surface area contributed by atoms with E-state index in [0.717, 1.165) is 11.1 Å². The van der Waals surface area contributed by atoms with Gasteiger partial charge in [-0.2, -0.15) is 0 Å². The molecule has 0 bridgehead atoms. The van der Waals surface area contributed by atoms with Gasteiger partial charge in [0.1, 0.15) is 5.75 Å². The van der Waals surface area contributed by atoms with Crippen molar-refractivity contribution in [2.45, 2.75) is 20.0 Å². The number of ether oxygens (including phenoxy) is 1. The third-order valence-corrected chi connectivity index (χ3v) is 2.28. The number of hydrogen-bond donors (Lipinski definition) is 1. The summed E-state index contributed by atoms with van der Waals surface area (Å²) in [6.45, 7) is 1.71. The Morgan fingerprint density at radius 1 is 1.47 bits per heavy atom. The van der Waals surface area contributed by atoms with Crippen molar-refractivity contribution in [3.05, 3.63) is 28.3 Å². The van der Waals surface area contributed by atoms with E-state index >= 15 is 0 Å². The lowest BCUT2D eigenvalue weighted by molar-refractivity contribution is 0.279. The quantitative estimate of drug-likeness (QED) is 0.791. The number of halogens is 2. The van der Waals surface area contributed by atoms with Crippen LogP contribution in [-0.2, 0) is 6.61 Å². The van der Waals surface area contributed by atoms with Gasteiger partial charge in [-0.25, -0.2) is 0 Å². The Bertz CT molecular complexity index is 305. The van der Waals surface area contributed by atoms with Crippen molar-refractivity contribution < 1.29 is 14.2 Å². The number of hydrogen-bond acceptors (Lipinski definition) is 2. The summed E-state index contributed by atoms with van der Waals surface area (Å²) < 4.78 is 17.2. The Labute approximate surface area is 93.6 Å². The Balaban J connectivity index is 2.79. The molecule has 0 aliphatic carbocycles. The van der Waals surface area contributed by atoms with Gasteiger partial charge in [0.25, 0.3) is 0 Å². The highest BCUT2D eigenvalue weighted by Crippen LogP contribution is 2.30. The van der Waals surface area contributed by atoms with Crippen LogP contribution in [-0.4, -0.2) is 18.4 Å². The molecule has 0 radical (unpaired) electrons. The fourth-order valence-corrected chi connectivity index (χ4v) is 1.65. The molecule has 1 N–H and O–H groups in total. The van der Waals surface area contributed by atoms with E-state index in [-0.39, 0.29) is 6.61 Å². The van der Waals surface area contributed by atoms with Crippen LogP contribution in [0.5, 0.6) is 5.75 Å². The number of aliphatic hydroxyl groups excluding tert-OH is 1. The maximum atomic E-state index is 11.9. The molecule has 2 nitrogen and oxygen atoms in total. The van der Waals surface area contributed by atoms with Crippen LogP contribution in [0.2, 0.25) is 5.02 Å². The zero-order chi connectivity index (χ0) is 11.3. The summed E-state index contributed by atoms with van der Waals surface area (Å²) >= 11 is 5.96. The lowest BCUT2D eigenvalue weighted by Crippen LogP contribution is -2.01. The van der Waals surface area contributed by atoms with Gasteiger partial charge in [0.05, 0.1) is 24.9 Å². The lowest BCUT2D eigenvalue weighted by atomic mass is 10.1. The molecule has 1 aromatic carbocycles. The highest BCUT2D eigenvalue weighted by Gasteiger charge is 2.07. The molecular formula is C11H14ClFO2. The summed E-state index contributed by atoms with van der Waals surface area (Å²) in [6, 6.07) is 3.45. The summed E-state index contributed by atoms with van der Waals surface area (Å²) in [4.78, 5) is 0. The second-order valence-corrected chi connectivity index (χ2v) is 3.68. The van der Waals surface area contributed by atoms with E-state index in [4.69, 9.17) is 21.4 Å². The summed E-state index contributed by atoms with van der Waals surface area (Å²) in [5, 5.41) is 9.40. The Hall–Kier alpha value is -0.800. The van der Waals surface area contributed by atoms with Gasteiger partial charge >= 0.3 is 0 Å². The number of rotatable bonds is 5. The van der Waals surface area contributed by atoms with Crippen molar-refractivity contribution in [2.24, 2.45) is 0 Å². The van der Waals surface area contributed by atoms with Gasteiger partial charge in [-0.3, -0.25) is 4.39 Å². The van der Waals surface area contributed by atoms with Crippen LogP contribution in [0.25, 0.3) is 0 Å². The van der Waals surface area contributed by atoms with Gasteiger partial charge in [-0.1, -0.05) is 11.6 Å². The van der Waals surface area contributed by atoms with Crippen molar-refractivity contribution >= 4 is 11.6 Å². The maximum absolute atomic E-state index is 11.9. The van der Waals surface area contributed by atoms with Gasteiger partial charge in [0, 0.05) is 6.42 Å². The lowest BCUT2D eigenvalue weighted by Gasteiger charge is -2.11. The number of aryl methyl sites for hydroxylation is 1. The molecule has 4 heteroatoms. The first kappa shape index (κ1) is 12.3. The van der Waals surface area contributed by atoms with E-state index in [2.05, 4.69) is 0 Å². The van der Waals surface area contributed by atoms with Gasteiger partial charge in [-0.15, -0.1) is 0 Å². The van der Waals surface area contributed by atoms with Crippen LogP contribution in [0.15, 0.2) is 12.1 Å². The largest absolute Gasteiger partial charge is 0.492 e. The van der Waals surface area contributed by atoms with E-state index in [1.54, 1.807) is 12.1 Å². The van der Waals surface area contributed by atoms with E-state index in [9.17, 15) is 4.39 Å². The zero-order valence-electron chi connectivity index (χ0n) is 8.59. The molecule has 84 valence electrons.